The van der Waals surface area contributed by atoms with Crippen molar-refractivity contribution in [1.82, 2.24) is 0 Å². The van der Waals surface area contributed by atoms with E-state index in [1.807, 2.05) is 49.4 Å². The molecule has 3 rings (SSSR count). The first-order valence-corrected chi connectivity index (χ1v) is 5.83. The van der Waals surface area contributed by atoms with Crippen LogP contribution in [-0.4, -0.2) is 0 Å². The third-order valence-corrected chi connectivity index (χ3v) is 2.99. The highest BCUT2D eigenvalue weighted by molar-refractivity contribution is 5.93. The molecule has 0 aliphatic carbocycles. The summed E-state index contributed by atoms with van der Waals surface area (Å²) in [5.74, 6) is 0. The van der Waals surface area contributed by atoms with Crippen molar-refractivity contribution in [2.45, 2.75) is 6.92 Å². The smallest absolute Gasteiger partial charge is 0.193 e. The van der Waals surface area contributed by atoms with E-state index in [0.717, 1.165) is 16.7 Å². The highest BCUT2D eigenvalue weighted by Gasteiger charge is 2.09. The Balaban J connectivity index is 2.45. The van der Waals surface area contributed by atoms with Gasteiger partial charge in [-0.2, -0.15) is 0 Å². The zero-order chi connectivity index (χ0) is 12.5. The van der Waals surface area contributed by atoms with Crippen molar-refractivity contribution in [1.29, 1.82) is 0 Å². The molecule has 0 N–H and O–H groups in total. The van der Waals surface area contributed by atoms with Crippen LogP contribution in [0, 0.1) is 6.92 Å². The summed E-state index contributed by atoms with van der Waals surface area (Å²) in [5, 5.41) is 0.648. The van der Waals surface area contributed by atoms with Crippen molar-refractivity contribution >= 4 is 11.0 Å². The van der Waals surface area contributed by atoms with Gasteiger partial charge in [0.2, 0.25) is 0 Å². The third kappa shape index (κ3) is 1.72. The van der Waals surface area contributed by atoms with Crippen molar-refractivity contribution in [2.24, 2.45) is 0 Å². The van der Waals surface area contributed by atoms with Gasteiger partial charge in [0.1, 0.15) is 5.58 Å². The zero-order valence-corrected chi connectivity index (χ0v) is 10.0. The van der Waals surface area contributed by atoms with Gasteiger partial charge in [0.15, 0.2) is 5.43 Å². The van der Waals surface area contributed by atoms with Crippen molar-refractivity contribution < 1.29 is 4.42 Å². The minimum atomic E-state index is -0.00453. The number of benzene rings is 2. The molecule has 0 aliphatic rings. The molecule has 2 heteroatoms. The fourth-order valence-electron chi connectivity index (χ4n) is 2.20. The van der Waals surface area contributed by atoms with Crippen LogP contribution in [-0.2, 0) is 0 Å². The average molecular weight is 236 g/mol. The Bertz CT molecular complexity index is 755. The summed E-state index contributed by atoms with van der Waals surface area (Å²) < 4.78 is 5.44. The first kappa shape index (κ1) is 10.8. The molecule has 0 spiro atoms. The van der Waals surface area contributed by atoms with E-state index in [9.17, 15) is 4.79 Å². The Labute approximate surface area is 105 Å². The zero-order valence-electron chi connectivity index (χ0n) is 10.0. The van der Waals surface area contributed by atoms with Gasteiger partial charge in [-0.1, -0.05) is 36.4 Å². The molecule has 0 saturated heterocycles. The molecule has 0 saturated carbocycles. The molecule has 0 radical (unpaired) electrons. The van der Waals surface area contributed by atoms with Crippen LogP contribution in [0.5, 0.6) is 0 Å². The normalized spacial score (nSPS) is 10.7. The van der Waals surface area contributed by atoms with Crippen molar-refractivity contribution in [3.8, 4) is 11.1 Å². The summed E-state index contributed by atoms with van der Waals surface area (Å²) >= 11 is 0. The molecule has 1 heterocycles. The Kier molecular flexibility index (Phi) is 2.49. The van der Waals surface area contributed by atoms with E-state index in [0.29, 0.717) is 11.0 Å². The molecule has 0 aliphatic heterocycles. The number of hydrogen-bond acceptors (Lipinski definition) is 2. The second-order valence-electron chi connectivity index (χ2n) is 4.34. The lowest BCUT2D eigenvalue weighted by Gasteiger charge is -2.07. The Morgan fingerprint density at radius 2 is 1.78 bits per heavy atom. The third-order valence-electron chi connectivity index (χ3n) is 2.99. The molecule has 0 amide bonds. The van der Waals surface area contributed by atoms with Crippen LogP contribution in [0.15, 0.2) is 64.0 Å². The van der Waals surface area contributed by atoms with E-state index in [-0.39, 0.29) is 5.43 Å². The minimum Gasteiger partial charge on any atom is -0.464 e. The lowest BCUT2D eigenvalue weighted by molar-refractivity contribution is 0.602. The van der Waals surface area contributed by atoms with Gasteiger partial charge in [-0.05, 0) is 29.7 Å². The van der Waals surface area contributed by atoms with Crippen molar-refractivity contribution in [2.75, 3.05) is 0 Å². The number of rotatable bonds is 1. The average Bonchev–Trinajstić information content (AvgIpc) is 2.39. The predicted molar refractivity (Wildman–Crippen MR) is 72.7 cm³/mol. The van der Waals surface area contributed by atoms with Gasteiger partial charge in [0.25, 0.3) is 0 Å². The standard InChI is InChI=1S/C16H12O2/c1-11-9-13(12-5-3-2-4-6-12)16-14(17)7-8-18-15(16)10-11/h2-10H,1H3. The van der Waals surface area contributed by atoms with Crippen LogP contribution in [0.25, 0.3) is 22.1 Å². The summed E-state index contributed by atoms with van der Waals surface area (Å²) in [6.45, 7) is 2.00. The molecule has 1 aromatic heterocycles. The van der Waals surface area contributed by atoms with Crippen LogP contribution in [0.2, 0.25) is 0 Å². The highest BCUT2D eigenvalue weighted by Crippen LogP contribution is 2.27. The quantitative estimate of drug-likeness (QED) is 0.643. The SMILES string of the molecule is Cc1cc(-c2ccccc2)c2c(=O)ccoc2c1. The van der Waals surface area contributed by atoms with Gasteiger partial charge in [0.05, 0.1) is 11.6 Å². The second-order valence-corrected chi connectivity index (χ2v) is 4.34. The molecule has 2 aromatic carbocycles. The molecule has 18 heavy (non-hydrogen) atoms. The van der Waals surface area contributed by atoms with E-state index in [4.69, 9.17) is 4.42 Å². The first-order chi connectivity index (χ1) is 8.75. The summed E-state index contributed by atoms with van der Waals surface area (Å²) in [7, 11) is 0. The summed E-state index contributed by atoms with van der Waals surface area (Å²) in [6.07, 6.45) is 1.44. The molecule has 2 nitrogen and oxygen atoms in total. The molecular formula is C16H12O2. The Hall–Kier alpha value is -2.35. The Morgan fingerprint density at radius 1 is 1.00 bits per heavy atom. The number of hydrogen-bond donors (Lipinski definition) is 0. The maximum atomic E-state index is 12.0. The fourth-order valence-corrected chi connectivity index (χ4v) is 2.20. The highest BCUT2D eigenvalue weighted by atomic mass is 16.3. The van der Waals surface area contributed by atoms with Crippen molar-refractivity contribution in [3.05, 3.63) is 70.6 Å². The van der Waals surface area contributed by atoms with Gasteiger partial charge in [0, 0.05) is 6.07 Å². The van der Waals surface area contributed by atoms with E-state index < -0.39 is 0 Å². The monoisotopic (exact) mass is 236 g/mol. The van der Waals surface area contributed by atoms with E-state index >= 15 is 0 Å². The first-order valence-electron chi connectivity index (χ1n) is 5.83. The van der Waals surface area contributed by atoms with Crippen LogP contribution in [0.4, 0.5) is 0 Å². The molecule has 3 aromatic rings. The summed E-state index contributed by atoms with van der Waals surface area (Å²) in [4.78, 5) is 12.0. The molecule has 0 fully saturated rings. The van der Waals surface area contributed by atoms with Gasteiger partial charge >= 0.3 is 0 Å². The predicted octanol–water partition coefficient (Wildman–Crippen LogP) is 3.77. The second kappa shape index (κ2) is 4.15. The Morgan fingerprint density at radius 3 is 2.56 bits per heavy atom. The van der Waals surface area contributed by atoms with Gasteiger partial charge < -0.3 is 4.42 Å². The van der Waals surface area contributed by atoms with Gasteiger partial charge in [-0.25, -0.2) is 0 Å². The topological polar surface area (TPSA) is 30.2 Å². The van der Waals surface area contributed by atoms with Crippen LogP contribution in [0.3, 0.4) is 0 Å². The number of fused-ring (bicyclic) bond motifs is 1. The maximum absolute atomic E-state index is 12.0. The summed E-state index contributed by atoms with van der Waals surface area (Å²) in [5.41, 5.74) is 3.68. The maximum Gasteiger partial charge on any atom is 0.193 e. The van der Waals surface area contributed by atoms with E-state index in [1.54, 1.807) is 0 Å². The van der Waals surface area contributed by atoms with Crippen molar-refractivity contribution in [3.63, 3.8) is 0 Å². The molecule has 0 atom stereocenters. The van der Waals surface area contributed by atoms with Crippen LogP contribution < -0.4 is 5.43 Å². The molecule has 0 unspecified atom stereocenters. The lowest BCUT2D eigenvalue weighted by atomic mass is 9.99. The van der Waals surface area contributed by atoms with Crippen LogP contribution >= 0.6 is 0 Å². The van der Waals surface area contributed by atoms with Crippen LogP contribution in [0.1, 0.15) is 5.56 Å². The fraction of sp³-hybridized carbons (Fsp3) is 0.0625. The molecule has 88 valence electrons. The lowest BCUT2D eigenvalue weighted by Crippen LogP contribution is -2.00. The minimum absolute atomic E-state index is 0.00453. The number of aryl methyl sites for hydroxylation is 1. The van der Waals surface area contributed by atoms with Gasteiger partial charge in [-0.3, -0.25) is 4.79 Å². The molecule has 0 bridgehead atoms. The van der Waals surface area contributed by atoms with E-state index in [1.165, 1.54) is 12.3 Å². The largest absolute Gasteiger partial charge is 0.464 e. The van der Waals surface area contributed by atoms with Gasteiger partial charge in [-0.15, -0.1) is 0 Å². The summed E-state index contributed by atoms with van der Waals surface area (Å²) in [6, 6.07) is 15.3. The molecular weight excluding hydrogens is 224 g/mol. The van der Waals surface area contributed by atoms with E-state index in [2.05, 4.69) is 0 Å².